The summed E-state index contributed by atoms with van der Waals surface area (Å²) in [5.41, 5.74) is -0.407. The summed E-state index contributed by atoms with van der Waals surface area (Å²) in [6, 6.07) is 5.29. The fraction of sp³-hybridized carbons (Fsp3) is 0.364. The molecule has 0 atom stereocenters. The second kappa shape index (κ2) is 5.26. The van der Waals surface area contributed by atoms with Gasteiger partial charge in [0.25, 0.3) is 0 Å². The van der Waals surface area contributed by atoms with Gasteiger partial charge in [-0.15, -0.1) is 0 Å². The van der Waals surface area contributed by atoms with Crippen LogP contribution in [0.5, 0.6) is 0 Å². The molecule has 0 bridgehead atoms. The lowest BCUT2D eigenvalue weighted by molar-refractivity contribution is 0.442. The van der Waals surface area contributed by atoms with Crippen LogP contribution in [0.4, 0.5) is 4.39 Å². The van der Waals surface area contributed by atoms with Crippen LogP contribution in [0.1, 0.15) is 5.56 Å². The molecule has 1 fully saturated rings. The third-order valence-electron chi connectivity index (χ3n) is 2.68. The molecule has 0 unspecified atom stereocenters. The minimum Gasteiger partial charge on any atom is -0.207 e. The van der Waals surface area contributed by atoms with E-state index in [0.717, 1.165) is 17.6 Å². The largest absolute Gasteiger partial charge is 0.244 e. The first-order chi connectivity index (χ1) is 8.57. The molecule has 7 heteroatoms. The molecule has 0 spiro atoms. The van der Waals surface area contributed by atoms with Crippen LogP contribution in [-0.2, 0) is 10.0 Å². The molecule has 1 saturated heterocycles. The van der Waals surface area contributed by atoms with Crippen molar-refractivity contribution in [3.8, 4) is 6.07 Å². The van der Waals surface area contributed by atoms with E-state index in [1.807, 2.05) is 0 Å². The Labute approximate surface area is 109 Å². The maximum absolute atomic E-state index is 13.4. The predicted molar refractivity (Wildman–Crippen MR) is 67.2 cm³/mol. The average molecular weight is 286 g/mol. The van der Waals surface area contributed by atoms with Gasteiger partial charge < -0.3 is 0 Å². The van der Waals surface area contributed by atoms with E-state index in [1.165, 1.54) is 16.4 Å². The predicted octanol–water partition coefficient (Wildman–Crippen LogP) is 1.43. The normalized spacial score (nSPS) is 17.3. The van der Waals surface area contributed by atoms with E-state index < -0.39 is 21.4 Å². The standard InChI is InChI=1S/C11H11FN2O2S2/c12-10-2-1-3-11(9(10)8-13)18(15,16)14-4-6-17-7-5-14/h1-3H,4-7H2. The van der Waals surface area contributed by atoms with Crippen molar-refractivity contribution < 1.29 is 12.8 Å². The van der Waals surface area contributed by atoms with Crippen molar-refractivity contribution in [2.45, 2.75) is 4.90 Å². The molecule has 1 heterocycles. The fourth-order valence-electron chi connectivity index (χ4n) is 1.75. The zero-order valence-electron chi connectivity index (χ0n) is 9.47. The summed E-state index contributed by atoms with van der Waals surface area (Å²) in [5, 5.41) is 8.88. The number of nitriles is 1. The smallest absolute Gasteiger partial charge is 0.207 e. The lowest BCUT2D eigenvalue weighted by Gasteiger charge is -2.25. The Morgan fingerprint density at radius 3 is 2.61 bits per heavy atom. The first-order valence-electron chi connectivity index (χ1n) is 5.34. The van der Waals surface area contributed by atoms with Crippen LogP contribution in [0.25, 0.3) is 0 Å². The van der Waals surface area contributed by atoms with E-state index in [9.17, 15) is 12.8 Å². The van der Waals surface area contributed by atoms with Crippen LogP contribution in [-0.4, -0.2) is 37.3 Å². The number of halogens is 1. The molecular weight excluding hydrogens is 275 g/mol. The van der Waals surface area contributed by atoms with Crippen molar-refractivity contribution in [1.82, 2.24) is 4.31 Å². The fourth-order valence-corrected chi connectivity index (χ4v) is 4.48. The SMILES string of the molecule is N#Cc1c(F)cccc1S(=O)(=O)N1CCSCC1. The Morgan fingerprint density at radius 1 is 1.33 bits per heavy atom. The van der Waals surface area contributed by atoms with Gasteiger partial charge in [-0.2, -0.15) is 21.3 Å². The van der Waals surface area contributed by atoms with E-state index in [2.05, 4.69) is 0 Å². The van der Waals surface area contributed by atoms with E-state index in [1.54, 1.807) is 17.8 Å². The molecule has 0 aromatic heterocycles. The van der Waals surface area contributed by atoms with Crippen molar-refractivity contribution in [3.63, 3.8) is 0 Å². The summed E-state index contributed by atoms with van der Waals surface area (Å²) in [5.74, 6) is 0.636. The molecule has 0 N–H and O–H groups in total. The minimum absolute atomic E-state index is 0.239. The highest BCUT2D eigenvalue weighted by Gasteiger charge is 2.29. The molecule has 1 aliphatic rings. The van der Waals surface area contributed by atoms with Gasteiger partial charge in [0.1, 0.15) is 22.3 Å². The Bertz CT molecular complexity index is 590. The molecule has 0 saturated carbocycles. The quantitative estimate of drug-likeness (QED) is 0.825. The zero-order chi connectivity index (χ0) is 13.2. The molecule has 96 valence electrons. The summed E-state index contributed by atoms with van der Waals surface area (Å²) in [7, 11) is -3.77. The van der Waals surface area contributed by atoms with E-state index >= 15 is 0 Å². The van der Waals surface area contributed by atoms with Gasteiger partial charge in [-0.1, -0.05) is 6.07 Å². The van der Waals surface area contributed by atoms with Gasteiger partial charge in [0.15, 0.2) is 0 Å². The molecule has 2 rings (SSSR count). The number of thioether (sulfide) groups is 1. The molecule has 1 aromatic rings. The summed E-state index contributed by atoms with van der Waals surface area (Å²) in [6.45, 7) is 0.794. The average Bonchev–Trinajstić information content (AvgIpc) is 2.39. The molecular formula is C11H11FN2O2S2. The first-order valence-corrected chi connectivity index (χ1v) is 7.93. The van der Waals surface area contributed by atoms with Gasteiger partial charge in [0, 0.05) is 24.6 Å². The molecule has 1 aliphatic heterocycles. The van der Waals surface area contributed by atoms with Gasteiger partial charge in [0.05, 0.1) is 0 Å². The van der Waals surface area contributed by atoms with Crippen LogP contribution < -0.4 is 0 Å². The summed E-state index contributed by atoms with van der Waals surface area (Å²) in [6.07, 6.45) is 0. The minimum atomic E-state index is -3.77. The number of nitrogens with zero attached hydrogens (tertiary/aromatic N) is 2. The number of benzene rings is 1. The van der Waals surface area contributed by atoms with Gasteiger partial charge in [0.2, 0.25) is 10.0 Å². The summed E-state index contributed by atoms with van der Waals surface area (Å²) < 4.78 is 39.4. The maximum atomic E-state index is 13.4. The Morgan fingerprint density at radius 2 is 2.00 bits per heavy atom. The number of rotatable bonds is 2. The first kappa shape index (κ1) is 13.3. The Kier molecular flexibility index (Phi) is 3.90. The van der Waals surface area contributed by atoms with Crippen molar-refractivity contribution in [1.29, 1.82) is 5.26 Å². The van der Waals surface area contributed by atoms with Gasteiger partial charge in [-0.3, -0.25) is 0 Å². The molecule has 0 aliphatic carbocycles. The summed E-state index contributed by atoms with van der Waals surface area (Å²) in [4.78, 5) is -0.239. The lowest BCUT2D eigenvalue weighted by Crippen LogP contribution is -2.38. The Hall–Kier alpha value is -1.10. The maximum Gasteiger partial charge on any atom is 0.244 e. The number of hydrogen-bond acceptors (Lipinski definition) is 4. The van der Waals surface area contributed by atoms with Crippen LogP contribution in [0.3, 0.4) is 0 Å². The molecule has 4 nitrogen and oxygen atoms in total. The molecule has 0 radical (unpaired) electrons. The highest BCUT2D eigenvalue weighted by atomic mass is 32.2. The van der Waals surface area contributed by atoms with Gasteiger partial charge in [-0.25, -0.2) is 12.8 Å². The monoisotopic (exact) mass is 286 g/mol. The lowest BCUT2D eigenvalue weighted by atomic mass is 10.2. The molecule has 1 aromatic carbocycles. The third kappa shape index (κ3) is 2.36. The second-order valence-corrected chi connectivity index (χ2v) is 6.87. The van der Waals surface area contributed by atoms with Gasteiger partial charge >= 0.3 is 0 Å². The highest BCUT2D eigenvalue weighted by Crippen LogP contribution is 2.24. The summed E-state index contributed by atoms with van der Waals surface area (Å²) >= 11 is 1.68. The highest BCUT2D eigenvalue weighted by molar-refractivity contribution is 7.99. The third-order valence-corrected chi connectivity index (χ3v) is 5.56. The topological polar surface area (TPSA) is 61.2 Å². The molecule has 18 heavy (non-hydrogen) atoms. The van der Waals surface area contributed by atoms with Gasteiger partial charge in [-0.05, 0) is 12.1 Å². The van der Waals surface area contributed by atoms with Crippen molar-refractivity contribution in [2.75, 3.05) is 24.6 Å². The van der Waals surface area contributed by atoms with Crippen molar-refractivity contribution in [2.24, 2.45) is 0 Å². The van der Waals surface area contributed by atoms with E-state index in [-0.39, 0.29) is 4.90 Å². The number of sulfonamides is 1. The number of hydrogen-bond donors (Lipinski definition) is 0. The van der Waals surface area contributed by atoms with E-state index in [4.69, 9.17) is 5.26 Å². The van der Waals surface area contributed by atoms with E-state index in [0.29, 0.717) is 13.1 Å². The second-order valence-electron chi connectivity index (χ2n) is 3.74. The van der Waals surface area contributed by atoms with Crippen LogP contribution in [0.15, 0.2) is 23.1 Å². The molecule has 0 amide bonds. The van der Waals surface area contributed by atoms with Crippen molar-refractivity contribution in [3.05, 3.63) is 29.6 Å². The van der Waals surface area contributed by atoms with Crippen LogP contribution in [0.2, 0.25) is 0 Å². The Balaban J connectivity index is 2.48. The van der Waals surface area contributed by atoms with Crippen molar-refractivity contribution >= 4 is 21.8 Å². The van der Waals surface area contributed by atoms with Crippen LogP contribution in [0, 0.1) is 17.1 Å². The van der Waals surface area contributed by atoms with Crippen LogP contribution >= 0.6 is 11.8 Å². The zero-order valence-corrected chi connectivity index (χ0v) is 11.1.